The molecular formula is C13H15N3O4. The molecule has 1 aromatic carbocycles. The molecule has 1 unspecified atom stereocenters. The summed E-state index contributed by atoms with van der Waals surface area (Å²) >= 11 is 0. The third-order valence-electron chi connectivity index (χ3n) is 2.68. The largest absolute Gasteiger partial charge is 0.496 e. The molecule has 0 aliphatic rings. The fraction of sp³-hybridized carbons (Fsp3) is 0.385. The summed E-state index contributed by atoms with van der Waals surface area (Å²) in [5, 5.41) is 22.1. The van der Waals surface area contributed by atoms with Crippen LogP contribution in [0.25, 0.3) is 0 Å². The minimum atomic E-state index is -0.590. The van der Waals surface area contributed by atoms with Gasteiger partial charge in [0.1, 0.15) is 11.8 Å². The molecule has 0 spiro atoms. The molecule has 1 atom stereocenters. The van der Waals surface area contributed by atoms with E-state index in [0.29, 0.717) is 6.42 Å². The number of nitrogens with one attached hydrogen (secondary N) is 1. The molecule has 0 saturated carbocycles. The van der Waals surface area contributed by atoms with E-state index in [1.165, 1.54) is 25.3 Å². The Hall–Kier alpha value is -2.62. The highest BCUT2D eigenvalue weighted by Gasteiger charge is 2.19. The molecule has 0 aliphatic heterocycles. The Bertz CT molecular complexity index is 551. The van der Waals surface area contributed by atoms with E-state index >= 15 is 0 Å². The van der Waals surface area contributed by atoms with E-state index in [1.54, 1.807) is 0 Å². The Morgan fingerprint density at radius 2 is 2.30 bits per heavy atom. The monoisotopic (exact) mass is 277 g/mol. The number of nitrogens with zero attached hydrogens (tertiary/aromatic N) is 2. The lowest BCUT2D eigenvalue weighted by atomic mass is 10.1. The number of hydrogen-bond donors (Lipinski definition) is 1. The second kappa shape index (κ2) is 7.09. The van der Waals surface area contributed by atoms with Gasteiger partial charge in [-0.05, 0) is 12.5 Å². The van der Waals surface area contributed by atoms with Crippen molar-refractivity contribution >= 4 is 11.6 Å². The molecule has 106 valence electrons. The Labute approximate surface area is 116 Å². The predicted octanol–water partition coefficient (Wildman–Crippen LogP) is 2.03. The first-order valence-electron chi connectivity index (χ1n) is 6.06. The number of amides is 1. The summed E-state index contributed by atoms with van der Waals surface area (Å²) in [6.07, 6.45) is 1.30. The standard InChI is InChI=1S/C13H15N3O4/c1-3-4-9(8-14)15-13(17)11-6-5-10(16(18)19)7-12(11)20-2/h5-7,9H,3-4H2,1-2H3,(H,15,17). The normalized spacial score (nSPS) is 11.2. The Balaban J connectivity index is 2.98. The molecule has 0 heterocycles. The maximum absolute atomic E-state index is 12.0. The average molecular weight is 277 g/mol. The van der Waals surface area contributed by atoms with Crippen LogP contribution in [0.4, 0.5) is 5.69 Å². The highest BCUT2D eigenvalue weighted by Crippen LogP contribution is 2.24. The van der Waals surface area contributed by atoms with Crippen molar-refractivity contribution in [2.45, 2.75) is 25.8 Å². The van der Waals surface area contributed by atoms with Crippen LogP contribution < -0.4 is 10.1 Å². The molecule has 0 radical (unpaired) electrons. The maximum Gasteiger partial charge on any atom is 0.273 e. The molecule has 0 aliphatic carbocycles. The van der Waals surface area contributed by atoms with Gasteiger partial charge < -0.3 is 10.1 Å². The Kier molecular flexibility index (Phi) is 5.47. The first-order chi connectivity index (χ1) is 9.53. The summed E-state index contributed by atoms with van der Waals surface area (Å²) < 4.78 is 4.98. The Morgan fingerprint density at radius 1 is 1.60 bits per heavy atom. The van der Waals surface area contributed by atoms with Crippen LogP contribution in [-0.2, 0) is 0 Å². The van der Waals surface area contributed by atoms with Crippen molar-refractivity contribution in [1.29, 1.82) is 5.26 Å². The van der Waals surface area contributed by atoms with Gasteiger partial charge in [0, 0.05) is 6.07 Å². The molecule has 7 heteroatoms. The van der Waals surface area contributed by atoms with E-state index in [0.717, 1.165) is 6.42 Å². The summed E-state index contributed by atoms with van der Waals surface area (Å²) in [7, 11) is 1.32. The van der Waals surface area contributed by atoms with Crippen molar-refractivity contribution in [3.8, 4) is 11.8 Å². The summed E-state index contributed by atoms with van der Waals surface area (Å²) in [5.41, 5.74) is -0.00163. The average Bonchev–Trinajstić information content (AvgIpc) is 2.45. The summed E-state index contributed by atoms with van der Waals surface area (Å²) in [4.78, 5) is 22.1. The first-order valence-corrected chi connectivity index (χ1v) is 6.06. The number of nitriles is 1. The van der Waals surface area contributed by atoms with Crippen molar-refractivity contribution in [1.82, 2.24) is 5.32 Å². The van der Waals surface area contributed by atoms with Crippen LogP contribution in [0.15, 0.2) is 18.2 Å². The number of ether oxygens (including phenoxy) is 1. The van der Waals surface area contributed by atoms with Crippen molar-refractivity contribution in [3.05, 3.63) is 33.9 Å². The van der Waals surface area contributed by atoms with E-state index in [4.69, 9.17) is 10.00 Å². The van der Waals surface area contributed by atoms with Crippen LogP contribution in [0.2, 0.25) is 0 Å². The zero-order chi connectivity index (χ0) is 15.1. The fourth-order valence-electron chi connectivity index (χ4n) is 1.67. The van der Waals surface area contributed by atoms with E-state index in [1.807, 2.05) is 13.0 Å². The van der Waals surface area contributed by atoms with Crippen molar-refractivity contribution in [3.63, 3.8) is 0 Å². The van der Waals surface area contributed by atoms with Gasteiger partial charge >= 0.3 is 0 Å². The van der Waals surface area contributed by atoms with Gasteiger partial charge in [-0.15, -0.1) is 0 Å². The van der Waals surface area contributed by atoms with Crippen LogP contribution in [-0.4, -0.2) is 24.0 Å². The number of benzene rings is 1. The van der Waals surface area contributed by atoms with Gasteiger partial charge in [-0.1, -0.05) is 13.3 Å². The molecule has 0 saturated heterocycles. The van der Waals surface area contributed by atoms with Crippen LogP contribution >= 0.6 is 0 Å². The fourth-order valence-corrected chi connectivity index (χ4v) is 1.67. The summed E-state index contributed by atoms with van der Waals surface area (Å²) in [6, 6.07) is 5.11. The number of carbonyl (C=O) groups is 1. The SMILES string of the molecule is CCCC(C#N)NC(=O)c1ccc([N+](=O)[O-])cc1OC. The van der Waals surface area contributed by atoms with Gasteiger partial charge in [0.15, 0.2) is 0 Å². The number of hydrogen-bond acceptors (Lipinski definition) is 5. The Morgan fingerprint density at radius 3 is 2.80 bits per heavy atom. The maximum atomic E-state index is 12.0. The van der Waals surface area contributed by atoms with Crippen molar-refractivity contribution < 1.29 is 14.5 Å². The van der Waals surface area contributed by atoms with E-state index in [-0.39, 0.29) is 17.0 Å². The van der Waals surface area contributed by atoms with E-state index in [2.05, 4.69) is 5.32 Å². The third kappa shape index (κ3) is 3.68. The lowest BCUT2D eigenvalue weighted by Crippen LogP contribution is -2.33. The van der Waals surface area contributed by atoms with Gasteiger partial charge in [-0.2, -0.15) is 5.26 Å². The quantitative estimate of drug-likeness (QED) is 0.632. The third-order valence-corrected chi connectivity index (χ3v) is 2.68. The highest BCUT2D eigenvalue weighted by molar-refractivity contribution is 5.97. The molecule has 20 heavy (non-hydrogen) atoms. The molecule has 1 N–H and O–H groups in total. The minimum Gasteiger partial charge on any atom is -0.496 e. The molecule has 0 aromatic heterocycles. The minimum absolute atomic E-state index is 0.102. The molecule has 1 rings (SSSR count). The van der Waals surface area contributed by atoms with Crippen molar-refractivity contribution in [2.24, 2.45) is 0 Å². The molecule has 0 fully saturated rings. The second-order valence-corrected chi connectivity index (χ2v) is 4.09. The molecular weight excluding hydrogens is 262 g/mol. The van der Waals surface area contributed by atoms with Gasteiger partial charge in [0.25, 0.3) is 11.6 Å². The van der Waals surface area contributed by atoms with Gasteiger partial charge in [-0.25, -0.2) is 0 Å². The lowest BCUT2D eigenvalue weighted by Gasteiger charge is -2.12. The summed E-state index contributed by atoms with van der Waals surface area (Å²) in [6.45, 7) is 1.91. The number of nitro groups is 1. The number of methoxy groups -OCH3 is 1. The zero-order valence-electron chi connectivity index (χ0n) is 11.3. The van der Waals surface area contributed by atoms with Crippen LogP contribution in [0, 0.1) is 21.4 Å². The molecule has 0 bridgehead atoms. The van der Waals surface area contributed by atoms with Gasteiger partial charge in [0.2, 0.25) is 0 Å². The van der Waals surface area contributed by atoms with Gasteiger partial charge in [0.05, 0.1) is 29.7 Å². The van der Waals surface area contributed by atoms with E-state index < -0.39 is 16.9 Å². The second-order valence-electron chi connectivity index (χ2n) is 4.09. The highest BCUT2D eigenvalue weighted by atomic mass is 16.6. The van der Waals surface area contributed by atoms with Crippen LogP contribution in [0.3, 0.4) is 0 Å². The zero-order valence-corrected chi connectivity index (χ0v) is 11.3. The number of non-ortho nitro benzene ring substituents is 1. The summed E-state index contributed by atoms with van der Waals surface area (Å²) in [5.74, 6) is -0.387. The van der Waals surface area contributed by atoms with Crippen LogP contribution in [0.1, 0.15) is 30.1 Å². The predicted molar refractivity (Wildman–Crippen MR) is 71.4 cm³/mol. The molecule has 7 nitrogen and oxygen atoms in total. The topological polar surface area (TPSA) is 105 Å². The first kappa shape index (κ1) is 15.4. The number of nitro benzene ring substituents is 1. The number of carbonyl (C=O) groups excluding carboxylic acids is 1. The lowest BCUT2D eigenvalue weighted by molar-refractivity contribution is -0.384. The molecule has 1 aromatic rings. The van der Waals surface area contributed by atoms with Crippen molar-refractivity contribution in [2.75, 3.05) is 7.11 Å². The van der Waals surface area contributed by atoms with E-state index in [9.17, 15) is 14.9 Å². The smallest absolute Gasteiger partial charge is 0.273 e. The van der Waals surface area contributed by atoms with Gasteiger partial charge in [-0.3, -0.25) is 14.9 Å². The number of rotatable bonds is 6. The van der Waals surface area contributed by atoms with Crippen LogP contribution in [0.5, 0.6) is 5.75 Å². The molecule has 1 amide bonds.